The Balaban J connectivity index is 1.16. The van der Waals surface area contributed by atoms with E-state index in [1.165, 1.54) is 11.1 Å². The lowest BCUT2D eigenvalue weighted by molar-refractivity contribution is 0.139. The van der Waals surface area contributed by atoms with Crippen LogP contribution >= 0.6 is 0 Å². The van der Waals surface area contributed by atoms with Gasteiger partial charge in [-0.3, -0.25) is 4.90 Å². The van der Waals surface area contributed by atoms with Crippen molar-refractivity contribution in [3.05, 3.63) is 108 Å². The van der Waals surface area contributed by atoms with Crippen molar-refractivity contribution in [2.24, 2.45) is 0 Å². The molecule has 0 saturated heterocycles. The average Bonchev–Trinajstić information content (AvgIpc) is 3.68. The Labute approximate surface area is 230 Å². The summed E-state index contributed by atoms with van der Waals surface area (Å²) in [5.74, 6) is 1.88. The smallest absolute Gasteiger partial charge is 0.407 e. The zero-order valence-electron chi connectivity index (χ0n) is 22.8. The van der Waals surface area contributed by atoms with Crippen molar-refractivity contribution in [3.8, 4) is 0 Å². The normalized spacial score (nSPS) is 12.1. The van der Waals surface area contributed by atoms with Gasteiger partial charge in [-0.2, -0.15) is 0 Å². The Morgan fingerprint density at radius 2 is 1.62 bits per heavy atom. The molecule has 4 rings (SSSR count). The van der Waals surface area contributed by atoms with Crippen molar-refractivity contribution in [3.63, 3.8) is 0 Å². The minimum absolute atomic E-state index is 0.121. The summed E-state index contributed by atoms with van der Waals surface area (Å²) < 4.78 is 5.25. The molecule has 4 aromatic rings. The van der Waals surface area contributed by atoms with Crippen molar-refractivity contribution in [2.75, 3.05) is 20.1 Å². The minimum atomic E-state index is -0.367. The maximum atomic E-state index is 11.9. The number of imidazole rings is 2. The number of nitrogens with zero attached hydrogens (tertiary/aromatic N) is 4. The van der Waals surface area contributed by atoms with Gasteiger partial charge in [0.05, 0.1) is 12.6 Å². The van der Waals surface area contributed by atoms with Gasteiger partial charge < -0.3 is 24.9 Å². The second-order valence-corrected chi connectivity index (χ2v) is 9.84. The molecule has 1 amide bonds. The lowest BCUT2D eigenvalue weighted by Gasteiger charge is -2.27. The second kappa shape index (κ2) is 14.8. The molecule has 0 radical (unpaired) electrons. The molecular formula is C30H39N7O2. The molecule has 2 heterocycles. The van der Waals surface area contributed by atoms with Crippen LogP contribution in [-0.4, -0.2) is 56.0 Å². The van der Waals surface area contributed by atoms with Crippen molar-refractivity contribution in [1.29, 1.82) is 0 Å². The molecule has 9 heteroatoms. The van der Waals surface area contributed by atoms with Gasteiger partial charge >= 0.3 is 6.09 Å². The van der Waals surface area contributed by atoms with Crippen LogP contribution in [0.1, 0.15) is 54.1 Å². The molecule has 0 aliphatic heterocycles. The molecule has 2 aromatic carbocycles. The zero-order valence-corrected chi connectivity index (χ0v) is 22.8. The highest BCUT2D eigenvalue weighted by Crippen LogP contribution is 2.22. The molecule has 9 nitrogen and oxygen atoms in total. The van der Waals surface area contributed by atoms with Crippen LogP contribution in [0.4, 0.5) is 4.79 Å². The van der Waals surface area contributed by atoms with Gasteiger partial charge in [-0.15, -0.1) is 0 Å². The Bertz CT molecular complexity index is 1210. The van der Waals surface area contributed by atoms with Crippen molar-refractivity contribution >= 4 is 6.09 Å². The first-order valence-corrected chi connectivity index (χ1v) is 13.5. The number of H-pyrrole nitrogens is 2. The molecule has 3 N–H and O–H groups in total. The number of aromatic nitrogens is 4. The number of unbranched alkanes of at least 4 members (excludes halogenated alkanes) is 1. The average molecular weight is 530 g/mol. The molecular weight excluding hydrogens is 490 g/mol. The van der Waals surface area contributed by atoms with E-state index in [1.54, 1.807) is 12.4 Å². The highest BCUT2D eigenvalue weighted by molar-refractivity contribution is 5.67. The van der Waals surface area contributed by atoms with Crippen LogP contribution in [0.15, 0.2) is 79.4 Å². The molecule has 0 saturated carbocycles. The number of rotatable bonds is 15. The fourth-order valence-corrected chi connectivity index (χ4v) is 4.43. The summed E-state index contributed by atoms with van der Waals surface area (Å²) in [5.41, 5.74) is 3.51. The molecule has 39 heavy (non-hydrogen) atoms. The standard InChI is InChI=1S/C30H39N7O2/c1-24(29-33-17-18-34-29)37(22-28-31-15-16-32-28)21-26-12-10-25(11-13-26)20-36(2)19-7-6-14-35-30(38)39-23-27-8-4-3-5-9-27/h3-5,8-13,15-18,24H,6-7,14,19-23H2,1-2H3,(H,31,32)(H,33,34)(H,35,38). The predicted molar refractivity (Wildman–Crippen MR) is 151 cm³/mol. The van der Waals surface area contributed by atoms with Crippen molar-refractivity contribution in [1.82, 2.24) is 35.1 Å². The van der Waals surface area contributed by atoms with Gasteiger partial charge in [-0.1, -0.05) is 54.6 Å². The van der Waals surface area contributed by atoms with E-state index in [-0.39, 0.29) is 12.1 Å². The Morgan fingerprint density at radius 1 is 0.897 bits per heavy atom. The van der Waals surface area contributed by atoms with E-state index < -0.39 is 0 Å². The highest BCUT2D eigenvalue weighted by atomic mass is 16.5. The number of alkyl carbamates (subject to hydrolysis) is 1. The van der Waals surface area contributed by atoms with Crippen molar-refractivity contribution in [2.45, 2.75) is 52.0 Å². The van der Waals surface area contributed by atoms with Crippen LogP contribution in [0.3, 0.4) is 0 Å². The fraction of sp³-hybridized carbons (Fsp3) is 0.367. The molecule has 0 fully saturated rings. The Hall–Kier alpha value is -3.95. The van der Waals surface area contributed by atoms with Crippen LogP contribution in [-0.2, 0) is 31.0 Å². The number of aromatic amines is 2. The van der Waals surface area contributed by atoms with E-state index in [0.717, 1.165) is 49.7 Å². The van der Waals surface area contributed by atoms with Crippen LogP contribution in [0.25, 0.3) is 0 Å². The molecule has 206 valence electrons. The van der Waals surface area contributed by atoms with Crippen LogP contribution in [0.5, 0.6) is 0 Å². The quantitative estimate of drug-likeness (QED) is 0.187. The van der Waals surface area contributed by atoms with E-state index in [4.69, 9.17) is 4.74 Å². The fourth-order valence-electron chi connectivity index (χ4n) is 4.43. The number of carbonyl (C=O) groups is 1. The molecule has 0 bridgehead atoms. The molecule has 0 spiro atoms. The number of carbonyl (C=O) groups excluding carboxylic acids is 1. The van der Waals surface area contributed by atoms with Gasteiger partial charge in [0, 0.05) is 44.4 Å². The summed E-state index contributed by atoms with van der Waals surface area (Å²) in [4.78, 5) is 31.9. The van der Waals surface area contributed by atoms with E-state index in [1.807, 2.05) is 42.7 Å². The largest absolute Gasteiger partial charge is 0.445 e. The van der Waals surface area contributed by atoms with Gasteiger partial charge in [-0.25, -0.2) is 14.8 Å². The number of ether oxygens (including phenoxy) is 1. The molecule has 1 unspecified atom stereocenters. The van der Waals surface area contributed by atoms with Gasteiger partial charge in [-0.05, 0) is 50.0 Å². The number of hydrogen-bond acceptors (Lipinski definition) is 6. The highest BCUT2D eigenvalue weighted by Gasteiger charge is 2.19. The Kier molecular flexibility index (Phi) is 10.7. The maximum absolute atomic E-state index is 11.9. The predicted octanol–water partition coefficient (Wildman–Crippen LogP) is 5.03. The van der Waals surface area contributed by atoms with Crippen LogP contribution in [0.2, 0.25) is 0 Å². The summed E-state index contributed by atoms with van der Waals surface area (Å²) in [5, 5.41) is 2.83. The summed E-state index contributed by atoms with van der Waals surface area (Å²) >= 11 is 0. The van der Waals surface area contributed by atoms with Crippen molar-refractivity contribution < 1.29 is 9.53 Å². The summed E-state index contributed by atoms with van der Waals surface area (Å²) in [6, 6.07) is 18.6. The number of benzene rings is 2. The lowest BCUT2D eigenvalue weighted by atomic mass is 10.1. The first-order chi connectivity index (χ1) is 19.1. The molecule has 2 aromatic heterocycles. The topological polar surface area (TPSA) is 102 Å². The van der Waals surface area contributed by atoms with Crippen LogP contribution < -0.4 is 5.32 Å². The summed E-state index contributed by atoms with van der Waals surface area (Å²) in [6.45, 7) is 6.40. The number of hydrogen-bond donors (Lipinski definition) is 3. The number of nitrogens with one attached hydrogen (secondary N) is 3. The van der Waals surface area contributed by atoms with Gasteiger partial charge in [0.15, 0.2) is 0 Å². The van der Waals surface area contributed by atoms with Crippen LogP contribution in [0, 0.1) is 0 Å². The third-order valence-electron chi connectivity index (χ3n) is 6.68. The van der Waals surface area contributed by atoms with E-state index in [9.17, 15) is 4.79 Å². The monoisotopic (exact) mass is 529 g/mol. The summed E-state index contributed by atoms with van der Waals surface area (Å²) in [6.07, 6.45) is 8.83. The lowest BCUT2D eigenvalue weighted by Crippen LogP contribution is -2.27. The molecule has 0 aliphatic carbocycles. The third-order valence-corrected chi connectivity index (χ3v) is 6.68. The van der Waals surface area contributed by atoms with E-state index in [2.05, 4.69) is 73.3 Å². The molecule has 1 atom stereocenters. The number of amides is 1. The third kappa shape index (κ3) is 9.38. The first-order valence-electron chi connectivity index (χ1n) is 13.5. The summed E-state index contributed by atoms with van der Waals surface area (Å²) in [7, 11) is 2.13. The Morgan fingerprint density at radius 3 is 2.31 bits per heavy atom. The maximum Gasteiger partial charge on any atom is 0.407 e. The van der Waals surface area contributed by atoms with E-state index >= 15 is 0 Å². The second-order valence-electron chi connectivity index (χ2n) is 9.84. The SMILES string of the molecule is CC(c1ncc[nH]1)N(Cc1ccc(CN(C)CCCCNC(=O)OCc2ccccc2)cc1)Cc1ncc[nH]1. The van der Waals surface area contributed by atoms with E-state index in [0.29, 0.717) is 19.7 Å². The zero-order chi connectivity index (χ0) is 27.3. The minimum Gasteiger partial charge on any atom is -0.445 e. The van der Waals surface area contributed by atoms with Gasteiger partial charge in [0.25, 0.3) is 0 Å². The first kappa shape index (κ1) is 28.1. The molecule has 0 aliphatic rings. The van der Waals surface area contributed by atoms with Gasteiger partial charge in [0.2, 0.25) is 0 Å². The van der Waals surface area contributed by atoms with Gasteiger partial charge in [0.1, 0.15) is 18.3 Å².